The van der Waals surface area contributed by atoms with Crippen LogP contribution in [0.1, 0.15) is 17.9 Å². The molecule has 0 spiro atoms. The Morgan fingerprint density at radius 1 is 1.07 bits per heavy atom. The Balaban J connectivity index is 1.46. The van der Waals surface area contributed by atoms with Crippen LogP contribution < -0.4 is 0 Å². The summed E-state index contributed by atoms with van der Waals surface area (Å²) in [5.74, 6) is 0.264. The average Bonchev–Trinajstić information content (AvgIpc) is 3.07. The number of amides is 2. The lowest BCUT2D eigenvalue weighted by molar-refractivity contribution is 0.114. The Labute approximate surface area is 175 Å². The fourth-order valence-electron chi connectivity index (χ4n) is 3.94. The maximum Gasteiger partial charge on any atom is 0.320 e. The zero-order valence-electron chi connectivity index (χ0n) is 16.1. The zero-order valence-corrected chi connectivity index (χ0v) is 17.7. The first-order chi connectivity index (χ1) is 13.7. The van der Waals surface area contributed by atoms with E-state index >= 15 is 0 Å². The highest BCUT2D eigenvalue weighted by molar-refractivity contribution is 7.90. The second-order valence-corrected chi connectivity index (χ2v) is 10.2. The molecule has 2 heterocycles. The summed E-state index contributed by atoms with van der Waals surface area (Å²) in [7, 11) is -3.40. The highest BCUT2D eigenvalue weighted by atomic mass is 35.5. The molecule has 2 aromatic rings. The standard InChI is InChI=1S/C21H23ClN2O4S/c1-29(27,28)20-10-17(22)6-7-19(20)15-4-2-14(3-5-15)16-11-24(12-16)21(26)23-9-8-18(25)13-23/h2-7,10,16,18,25H,8-9,11-13H2,1H3/t18-/m0/s1. The Hall–Kier alpha value is -2.09. The molecule has 8 heteroatoms. The van der Waals surface area contributed by atoms with Crippen molar-refractivity contribution in [3.63, 3.8) is 0 Å². The lowest BCUT2D eigenvalue weighted by atomic mass is 9.90. The summed E-state index contributed by atoms with van der Waals surface area (Å²) >= 11 is 5.98. The van der Waals surface area contributed by atoms with Crippen LogP contribution in [-0.4, -0.2) is 67.9 Å². The van der Waals surface area contributed by atoms with Crippen molar-refractivity contribution in [2.24, 2.45) is 0 Å². The van der Waals surface area contributed by atoms with Crippen LogP contribution in [0.15, 0.2) is 47.4 Å². The molecule has 2 saturated heterocycles. The van der Waals surface area contributed by atoms with E-state index in [-0.39, 0.29) is 16.8 Å². The van der Waals surface area contributed by atoms with Gasteiger partial charge >= 0.3 is 6.03 Å². The molecule has 1 N–H and O–H groups in total. The number of halogens is 1. The summed E-state index contributed by atoms with van der Waals surface area (Å²) in [5.41, 5.74) is 2.56. The zero-order chi connectivity index (χ0) is 20.8. The van der Waals surface area contributed by atoms with Crippen LogP contribution in [0, 0.1) is 0 Å². The molecule has 0 radical (unpaired) electrons. The van der Waals surface area contributed by atoms with Crippen LogP contribution >= 0.6 is 11.6 Å². The maximum absolute atomic E-state index is 12.4. The minimum atomic E-state index is -3.40. The third-order valence-corrected chi connectivity index (χ3v) is 6.99. The van der Waals surface area contributed by atoms with Gasteiger partial charge in [-0.05, 0) is 29.7 Å². The summed E-state index contributed by atoms with van der Waals surface area (Å²) < 4.78 is 24.2. The number of likely N-dealkylation sites (tertiary alicyclic amines) is 2. The normalized spacial score (nSPS) is 20.0. The second kappa shape index (κ2) is 7.63. The van der Waals surface area contributed by atoms with Crippen LogP contribution in [0.4, 0.5) is 4.79 Å². The molecule has 2 fully saturated rings. The van der Waals surface area contributed by atoms with Gasteiger partial charge in [0.1, 0.15) is 0 Å². The van der Waals surface area contributed by atoms with Crippen LogP contribution in [0.5, 0.6) is 0 Å². The van der Waals surface area contributed by atoms with Gasteiger partial charge in [0.2, 0.25) is 0 Å². The molecule has 4 rings (SSSR count). The lowest BCUT2D eigenvalue weighted by Gasteiger charge is -2.41. The van der Waals surface area contributed by atoms with E-state index in [0.717, 1.165) is 11.1 Å². The largest absolute Gasteiger partial charge is 0.391 e. The summed E-state index contributed by atoms with van der Waals surface area (Å²) in [6.07, 6.45) is 1.41. The first-order valence-corrected chi connectivity index (χ1v) is 11.8. The molecule has 0 aromatic heterocycles. The number of rotatable bonds is 3. The fourth-order valence-corrected chi connectivity index (χ4v) is 5.10. The second-order valence-electron chi connectivity index (χ2n) is 7.81. The van der Waals surface area contributed by atoms with E-state index in [1.54, 1.807) is 21.9 Å². The number of hydrogen-bond acceptors (Lipinski definition) is 4. The number of sulfone groups is 1. The number of aliphatic hydroxyl groups excluding tert-OH is 1. The van der Waals surface area contributed by atoms with Crippen molar-refractivity contribution >= 4 is 27.5 Å². The molecule has 2 aromatic carbocycles. The van der Waals surface area contributed by atoms with Gasteiger partial charge in [-0.2, -0.15) is 0 Å². The predicted octanol–water partition coefficient (Wildman–Crippen LogP) is 3.00. The van der Waals surface area contributed by atoms with E-state index in [2.05, 4.69) is 0 Å². The Morgan fingerprint density at radius 2 is 1.76 bits per heavy atom. The van der Waals surface area contributed by atoms with Gasteiger partial charge in [0.15, 0.2) is 9.84 Å². The maximum atomic E-state index is 12.4. The molecular formula is C21H23ClN2O4S. The third kappa shape index (κ3) is 4.13. The Kier molecular flexibility index (Phi) is 5.31. The summed E-state index contributed by atoms with van der Waals surface area (Å²) in [5, 5.41) is 9.98. The van der Waals surface area contributed by atoms with E-state index < -0.39 is 15.9 Å². The molecule has 0 aliphatic carbocycles. The van der Waals surface area contributed by atoms with E-state index in [0.29, 0.717) is 43.2 Å². The van der Waals surface area contributed by atoms with Crippen molar-refractivity contribution < 1.29 is 18.3 Å². The van der Waals surface area contributed by atoms with Crippen LogP contribution in [-0.2, 0) is 9.84 Å². The smallest absolute Gasteiger partial charge is 0.320 e. The van der Waals surface area contributed by atoms with Gasteiger partial charge in [0.05, 0.1) is 11.0 Å². The fraction of sp³-hybridized carbons (Fsp3) is 0.381. The van der Waals surface area contributed by atoms with E-state index in [1.165, 1.54) is 12.3 Å². The third-order valence-electron chi connectivity index (χ3n) is 5.62. The molecule has 154 valence electrons. The van der Waals surface area contributed by atoms with E-state index in [1.807, 2.05) is 24.3 Å². The van der Waals surface area contributed by atoms with Crippen LogP contribution in [0.25, 0.3) is 11.1 Å². The molecule has 1 atom stereocenters. The number of β-amino-alcohol motifs (C(OH)–C–C–N with tert-alkyl or cyclic N) is 1. The molecule has 0 bridgehead atoms. The summed E-state index contributed by atoms with van der Waals surface area (Å²) in [6, 6.07) is 12.7. The Morgan fingerprint density at radius 3 is 2.34 bits per heavy atom. The molecule has 0 unspecified atom stereocenters. The van der Waals surface area contributed by atoms with Crippen molar-refractivity contribution in [2.45, 2.75) is 23.3 Å². The van der Waals surface area contributed by atoms with Crippen molar-refractivity contribution in [1.82, 2.24) is 9.80 Å². The van der Waals surface area contributed by atoms with Gasteiger partial charge in [-0.1, -0.05) is 41.9 Å². The van der Waals surface area contributed by atoms with Crippen molar-refractivity contribution in [2.75, 3.05) is 32.4 Å². The number of hydrogen-bond donors (Lipinski definition) is 1. The number of carbonyl (C=O) groups is 1. The molecule has 2 aliphatic rings. The molecule has 2 aliphatic heterocycles. The number of carbonyl (C=O) groups excluding carboxylic acids is 1. The lowest BCUT2D eigenvalue weighted by Crippen LogP contribution is -2.53. The van der Waals surface area contributed by atoms with Gasteiger partial charge in [-0.25, -0.2) is 13.2 Å². The SMILES string of the molecule is CS(=O)(=O)c1cc(Cl)ccc1-c1ccc(C2CN(C(=O)N3CC[C@H](O)C3)C2)cc1. The quantitative estimate of drug-likeness (QED) is 0.805. The van der Waals surface area contributed by atoms with E-state index in [9.17, 15) is 18.3 Å². The molecule has 2 amide bonds. The summed E-state index contributed by atoms with van der Waals surface area (Å²) in [6.45, 7) is 2.33. The monoisotopic (exact) mass is 434 g/mol. The molecule has 6 nitrogen and oxygen atoms in total. The minimum absolute atomic E-state index is 0.00613. The number of urea groups is 1. The van der Waals surface area contributed by atoms with Crippen molar-refractivity contribution in [3.8, 4) is 11.1 Å². The number of nitrogens with zero attached hydrogens (tertiary/aromatic N) is 2. The van der Waals surface area contributed by atoms with Crippen LogP contribution in [0.3, 0.4) is 0 Å². The summed E-state index contributed by atoms with van der Waals surface area (Å²) in [4.78, 5) is 16.1. The predicted molar refractivity (Wildman–Crippen MR) is 112 cm³/mol. The first-order valence-electron chi connectivity index (χ1n) is 9.54. The van der Waals surface area contributed by atoms with Gasteiger partial charge in [-0.3, -0.25) is 0 Å². The molecule has 0 saturated carbocycles. The highest BCUT2D eigenvalue weighted by Crippen LogP contribution is 2.33. The van der Waals surface area contributed by atoms with Gasteiger partial charge in [0.25, 0.3) is 0 Å². The van der Waals surface area contributed by atoms with Gasteiger partial charge in [0, 0.05) is 48.9 Å². The minimum Gasteiger partial charge on any atom is -0.391 e. The first kappa shape index (κ1) is 20.2. The highest BCUT2D eigenvalue weighted by Gasteiger charge is 2.36. The number of aliphatic hydroxyl groups is 1. The van der Waals surface area contributed by atoms with Crippen molar-refractivity contribution in [3.05, 3.63) is 53.1 Å². The number of benzene rings is 2. The van der Waals surface area contributed by atoms with Gasteiger partial charge < -0.3 is 14.9 Å². The molecule has 29 heavy (non-hydrogen) atoms. The van der Waals surface area contributed by atoms with Gasteiger partial charge in [-0.15, -0.1) is 0 Å². The molecular weight excluding hydrogens is 412 g/mol. The average molecular weight is 435 g/mol. The van der Waals surface area contributed by atoms with Crippen LogP contribution in [0.2, 0.25) is 5.02 Å². The Bertz CT molecular complexity index is 1030. The van der Waals surface area contributed by atoms with E-state index in [4.69, 9.17) is 11.6 Å². The topological polar surface area (TPSA) is 77.9 Å². The van der Waals surface area contributed by atoms with Crippen molar-refractivity contribution in [1.29, 1.82) is 0 Å².